The zero-order valence-corrected chi connectivity index (χ0v) is 13.9. The number of rotatable bonds is 2. The summed E-state index contributed by atoms with van der Waals surface area (Å²) in [6.07, 6.45) is 7.78. The van der Waals surface area contributed by atoms with Crippen LogP contribution in [0.3, 0.4) is 0 Å². The van der Waals surface area contributed by atoms with Gasteiger partial charge in [-0.3, -0.25) is 4.79 Å². The first-order valence-electron chi connectivity index (χ1n) is 8.23. The summed E-state index contributed by atoms with van der Waals surface area (Å²) in [4.78, 5) is 16.5. The maximum Gasteiger partial charge on any atom is 0.254 e. The number of carbonyl (C=O) groups is 1. The van der Waals surface area contributed by atoms with E-state index in [2.05, 4.69) is 10.3 Å². The number of nitrogens with zero attached hydrogens (tertiary/aromatic N) is 1. The lowest BCUT2D eigenvalue weighted by Gasteiger charge is -2.33. The number of pyridine rings is 1. The molecule has 1 N–H and O–H groups in total. The average Bonchev–Trinajstić information content (AvgIpc) is 2.70. The van der Waals surface area contributed by atoms with E-state index in [4.69, 9.17) is 23.2 Å². The van der Waals surface area contributed by atoms with Gasteiger partial charge in [0.05, 0.1) is 5.56 Å². The van der Waals surface area contributed by atoms with Crippen molar-refractivity contribution >= 4 is 29.1 Å². The first kappa shape index (κ1) is 14.8. The van der Waals surface area contributed by atoms with E-state index in [1.807, 2.05) is 0 Å². The van der Waals surface area contributed by atoms with Crippen molar-refractivity contribution in [3.8, 4) is 0 Å². The van der Waals surface area contributed by atoms with Crippen molar-refractivity contribution in [3.63, 3.8) is 0 Å². The molecule has 3 bridgehead atoms. The Bertz CT molecular complexity index is 606. The summed E-state index contributed by atoms with van der Waals surface area (Å²) in [5.74, 6) is 3.23. The number of halogens is 2. The minimum atomic E-state index is -0.114. The summed E-state index contributed by atoms with van der Waals surface area (Å²) in [6, 6.07) is 3.56. The second-order valence-corrected chi connectivity index (χ2v) is 7.96. The number of carbonyl (C=O) groups excluding carboxylic acids is 1. The minimum Gasteiger partial charge on any atom is -0.349 e. The fourth-order valence-corrected chi connectivity index (χ4v) is 5.49. The topological polar surface area (TPSA) is 42.0 Å². The Morgan fingerprint density at radius 1 is 1.05 bits per heavy atom. The molecule has 3 nitrogen and oxygen atoms in total. The fraction of sp³-hybridized carbons (Fsp3) is 0.647. The van der Waals surface area contributed by atoms with E-state index in [9.17, 15) is 4.79 Å². The van der Waals surface area contributed by atoms with Crippen molar-refractivity contribution < 1.29 is 4.79 Å². The molecule has 5 heteroatoms. The van der Waals surface area contributed by atoms with Gasteiger partial charge in [0.2, 0.25) is 0 Å². The Kier molecular flexibility index (Phi) is 3.82. The van der Waals surface area contributed by atoms with Crippen molar-refractivity contribution in [1.29, 1.82) is 0 Å². The van der Waals surface area contributed by atoms with Gasteiger partial charge in [-0.15, -0.1) is 0 Å². The Hall–Kier alpha value is -0.800. The number of nitrogens with one attached hydrogen (secondary N) is 1. The number of hydrogen-bond acceptors (Lipinski definition) is 2. The van der Waals surface area contributed by atoms with E-state index in [1.54, 1.807) is 12.1 Å². The molecule has 0 spiro atoms. The normalized spacial score (nSPS) is 36.2. The van der Waals surface area contributed by atoms with E-state index >= 15 is 0 Å². The summed E-state index contributed by atoms with van der Waals surface area (Å²) in [7, 11) is 0. The predicted octanol–water partition coefficient (Wildman–Crippen LogP) is 4.33. The molecule has 118 valence electrons. The van der Waals surface area contributed by atoms with Crippen LogP contribution in [0.15, 0.2) is 12.1 Å². The molecule has 3 saturated carbocycles. The number of aromatic nitrogens is 1. The summed E-state index contributed by atoms with van der Waals surface area (Å²) >= 11 is 11.9. The lowest BCUT2D eigenvalue weighted by atomic mass is 9.77. The third-order valence-corrected chi connectivity index (χ3v) is 6.47. The van der Waals surface area contributed by atoms with Gasteiger partial charge in [0.25, 0.3) is 5.91 Å². The quantitative estimate of drug-likeness (QED) is 0.815. The number of fused-ring (bicyclic) bond motifs is 2. The van der Waals surface area contributed by atoms with Crippen LogP contribution in [0, 0.1) is 23.7 Å². The third-order valence-electron chi connectivity index (χ3n) is 5.97. The maximum atomic E-state index is 12.5. The maximum absolute atomic E-state index is 12.5. The van der Waals surface area contributed by atoms with Crippen LogP contribution in [0.2, 0.25) is 10.3 Å². The van der Waals surface area contributed by atoms with Crippen molar-refractivity contribution in [3.05, 3.63) is 28.0 Å². The van der Waals surface area contributed by atoms with Gasteiger partial charge in [0, 0.05) is 6.04 Å². The van der Waals surface area contributed by atoms with Gasteiger partial charge in [0.1, 0.15) is 10.3 Å². The van der Waals surface area contributed by atoms with Gasteiger partial charge >= 0.3 is 0 Å². The van der Waals surface area contributed by atoms with Gasteiger partial charge in [-0.25, -0.2) is 4.98 Å². The Balaban J connectivity index is 1.50. The van der Waals surface area contributed by atoms with Crippen LogP contribution in [-0.4, -0.2) is 16.9 Å². The van der Waals surface area contributed by atoms with Gasteiger partial charge in [-0.2, -0.15) is 0 Å². The Labute approximate surface area is 140 Å². The standard InChI is InChI=1S/C17H20Cl2N2O/c18-15-4-2-13(16(19)21-15)17(22)20-14-3-1-10-5-9-6-11(10)8-12(14)7-9/h2,4,9-12,14H,1,3,5-8H2,(H,20,22). The highest BCUT2D eigenvalue weighted by Gasteiger charge is 2.45. The number of amides is 1. The van der Waals surface area contributed by atoms with Crippen molar-refractivity contribution in [2.24, 2.45) is 23.7 Å². The van der Waals surface area contributed by atoms with E-state index in [0.29, 0.717) is 16.6 Å². The lowest BCUT2D eigenvalue weighted by Crippen LogP contribution is -2.41. The van der Waals surface area contributed by atoms with Crippen LogP contribution in [-0.2, 0) is 0 Å². The van der Waals surface area contributed by atoms with E-state index < -0.39 is 0 Å². The molecule has 0 saturated heterocycles. The van der Waals surface area contributed by atoms with Crippen molar-refractivity contribution in [2.45, 2.75) is 44.6 Å². The summed E-state index contributed by atoms with van der Waals surface area (Å²) < 4.78 is 0. The van der Waals surface area contributed by atoms with Crippen LogP contribution in [0.25, 0.3) is 0 Å². The lowest BCUT2D eigenvalue weighted by molar-refractivity contribution is 0.0902. The average molecular weight is 339 g/mol. The molecule has 22 heavy (non-hydrogen) atoms. The second-order valence-electron chi connectivity index (χ2n) is 7.22. The van der Waals surface area contributed by atoms with Crippen LogP contribution < -0.4 is 5.32 Å². The predicted molar refractivity (Wildman–Crippen MR) is 87.2 cm³/mol. The highest BCUT2D eigenvalue weighted by molar-refractivity contribution is 6.34. The van der Waals surface area contributed by atoms with E-state index in [1.165, 1.54) is 32.1 Å². The molecular weight excluding hydrogens is 319 g/mol. The SMILES string of the molecule is O=C(NC1CCC2CC3CC2CC1C3)c1ccc(Cl)nc1Cl. The van der Waals surface area contributed by atoms with Crippen LogP contribution in [0.1, 0.15) is 48.9 Å². The van der Waals surface area contributed by atoms with E-state index in [-0.39, 0.29) is 17.1 Å². The van der Waals surface area contributed by atoms with Gasteiger partial charge in [-0.05, 0) is 74.3 Å². The molecule has 0 aromatic carbocycles. The molecule has 3 aliphatic carbocycles. The van der Waals surface area contributed by atoms with E-state index in [0.717, 1.165) is 24.2 Å². The number of hydrogen-bond donors (Lipinski definition) is 1. The zero-order chi connectivity index (χ0) is 15.3. The second kappa shape index (κ2) is 5.68. The van der Waals surface area contributed by atoms with Gasteiger partial charge < -0.3 is 5.32 Å². The summed E-state index contributed by atoms with van der Waals surface area (Å²) in [5, 5.41) is 3.72. The third kappa shape index (κ3) is 2.63. The Morgan fingerprint density at radius 2 is 1.82 bits per heavy atom. The Morgan fingerprint density at radius 3 is 2.64 bits per heavy atom. The van der Waals surface area contributed by atoms with Gasteiger partial charge in [0.15, 0.2) is 0 Å². The molecule has 1 heterocycles. The largest absolute Gasteiger partial charge is 0.349 e. The van der Waals surface area contributed by atoms with Crippen LogP contribution >= 0.6 is 23.2 Å². The molecule has 1 aromatic rings. The van der Waals surface area contributed by atoms with Crippen LogP contribution in [0.5, 0.6) is 0 Å². The first-order valence-corrected chi connectivity index (χ1v) is 8.98. The summed E-state index contributed by atoms with van der Waals surface area (Å²) in [5.41, 5.74) is 0.424. The molecule has 0 radical (unpaired) electrons. The molecule has 5 atom stereocenters. The molecular formula is C17H20Cl2N2O. The smallest absolute Gasteiger partial charge is 0.254 e. The first-order chi connectivity index (χ1) is 10.6. The zero-order valence-electron chi connectivity index (χ0n) is 12.4. The highest BCUT2D eigenvalue weighted by Crippen LogP contribution is 2.53. The molecule has 0 aliphatic heterocycles. The van der Waals surface area contributed by atoms with Crippen LogP contribution in [0.4, 0.5) is 0 Å². The molecule has 3 fully saturated rings. The van der Waals surface area contributed by atoms with Crippen molar-refractivity contribution in [2.75, 3.05) is 0 Å². The molecule has 1 aromatic heterocycles. The molecule has 1 amide bonds. The molecule has 4 rings (SSSR count). The minimum absolute atomic E-state index is 0.114. The monoisotopic (exact) mass is 338 g/mol. The molecule has 3 aliphatic rings. The van der Waals surface area contributed by atoms with Gasteiger partial charge in [-0.1, -0.05) is 23.2 Å². The van der Waals surface area contributed by atoms with Crippen molar-refractivity contribution in [1.82, 2.24) is 10.3 Å². The fourth-order valence-electron chi connectivity index (χ4n) is 5.06. The summed E-state index contributed by atoms with van der Waals surface area (Å²) in [6.45, 7) is 0. The molecule has 5 unspecified atom stereocenters. The highest BCUT2D eigenvalue weighted by atomic mass is 35.5.